The molecule has 1 aliphatic rings. The highest BCUT2D eigenvalue weighted by molar-refractivity contribution is 5.77. The van der Waals surface area contributed by atoms with Crippen LogP contribution in [0.1, 0.15) is 24.4 Å². The van der Waals surface area contributed by atoms with Gasteiger partial charge in [-0.15, -0.1) is 0 Å². The Morgan fingerprint density at radius 1 is 1.52 bits per heavy atom. The third-order valence-electron chi connectivity index (χ3n) is 4.39. The third-order valence-corrected chi connectivity index (χ3v) is 4.39. The number of ether oxygens (including phenoxy) is 1. The van der Waals surface area contributed by atoms with Gasteiger partial charge in [0.1, 0.15) is 18.5 Å². The van der Waals surface area contributed by atoms with Crippen molar-refractivity contribution in [1.29, 1.82) is 0 Å². The van der Waals surface area contributed by atoms with Crippen LogP contribution in [0.25, 0.3) is 0 Å². The van der Waals surface area contributed by atoms with Gasteiger partial charge in [-0.05, 0) is 30.5 Å². The lowest BCUT2D eigenvalue weighted by atomic mass is 10.0. The number of nitrogens with zero attached hydrogens (tertiary/aromatic N) is 4. The lowest BCUT2D eigenvalue weighted by Crippen LogP contribution is -2.34. The monoisotopic (exact) mass is 345 g/mol. The van der Waals surface area contributed by atoms with E-state index in [0.29, 0.717) is 6.54 Å². The van der Waals surface area contributed by atoms with Gasteiger partial charge in [0.25, 0.3) is 0 Å². The minimum atomic E-state index is -0.613. The second kappa shape index (κ2) is 6.80. The molecule has 2 N–H and O–H groups in total. The Morgan fingerprint density at radius 2 is 2.32 bits per heavy atom. The zero-order valence-electron chi connectivity index (χ0n) is 13.8. The minimum absolute atomic E-state index is 0.0469. The Labute approximate surface area is 144 Å². The highest BCUT2D eigenvalue weighted by Gasteiger charge is 2.31. The molecule has 0 spiro atoms. The molecule has 0 bridgehead atoms. The number of nitrogen functional groups attached to an aromatic ring is 1. The first-order valence-corrected chi connectivity index (χ1v) is 7.90. The molecule has 2 aromatic rings. The van der Waals surface area contributed by atoms with Gasteiger partial charge in [0.2, 0.25) is 11.7 Å². The molecule has 9 nitrogen and oxygen atoms in total. The number of benzene rings is 1. The SMILES string of the molecule is COc1cccc([C@@H]2CCCN2C(=O)Cn2ncc([N+](=O)[O-])c2N)c1. The van der Waals surface area contributed by atoms with Crippen molar-refractivity contribution in [3.63, 3.8) is 0 Å². The number of hydrogen-bond donors (Lipinski definition) is 1. The molecule has 3 rings (SSSR count). The summed E-state index contributed by atoms with van der Waals surface area (Å²) in [5.74, 6) is 0.453. The maximum Gasteiger partial charge on any atom is 0.330 e. The normalized spacial score (nSPS) is 16.8. The topological polar surface area (TPSA) is 117 Å². The molecule has 2 heterocycles. The van der Waals surface area contributed by atoms with Gasteiger partial charge in [-0.1, -0.05) is 12.1 Å². The second-order valence-electron chi connectivity index (χ2n) is 5.85. The van der Waals surface area contributed by atoms with Crippen LogP contribution in [0.5, 0.6) is 5.75 Å². The van der Waals surface area contributed by atoms with Gasteiger partial charge in [0, 0.05) is 6.54 Å². The molecule has 9 heteroatoms. The van der Waals surface area contributed by atoms with Gasteiger partial charge < -0.3 is 15.4 Å². The number of nitro groups is 1. The molecular weight excluding hydrogens is 326 g/mol. The average molecular weight is 345 g/mol. The van der Waals surface area contributed by atoms with Gasteiger partial charge >= 0.3 is 5.69 Å². The average Bonchev–Trinajstić information content (AvgIpc) is 3.22. The fourth-order valence-corrected chi connectivity index (χ4v) is 3.13. The van der Waals surface area contributed by atoms with Crippen LogP contribution in [0, 0.1) is 10.1 Å². The van der Waals surface area contributed by atoms with Crippen molar-refractivity contribution in [3.8, 4) is 5.75 Å². The van der Waals surface area contributed by atoms with Crippen molar-refractivity contribution in [3.05, 3.63) is 46.1 Å². The van der Waals surface area contributed by atoms with E-state index in [0.717, 1.165) is 30.4 Å². The number of carbonyl (C=O) groups is 1. The van der Waals surface area contributed by atoms with E-state index in [2.05, 4.69) is 5.10 Å². The van der Waals surface area contributed by atoms with Crippen molar-refractivity contribution < 1.29 is 14.5 Å². The van der Waals surface area contributed by atoms with Gasteiger partial charge in [-0.25, -0.2) is 4.68 Å². The van der Waals surface area contributed by atoms with Crippen molar-refractivity contribution in [2.24, 2.45) is 0 Å². The van der Waals surface area contributed by atoms with Crippen molar-refractivity contribution in [2.75, 3.05) is 19.4 Å². The van der Waals surface area contributed by atoms with Crippen LogP contribution in [0.3, 0.4) is 0 Å². The molecule has 0 saturated carbocycles. The molecular formula is C16H19N5O4. The van der Waals surface area contributed by atoms with Crippen molar-refractivity contribution >= 4 is 17.4 Å². The Morgan fingerprint density at radius 3 is 3.00 bits per heavy atom. The minimum Gasteiger partial charge on any atom is -0.497 e. The largest absolute Gasteiger partial charge is 0.497 e. The molecule has 1 atom stereocenters. The van der Waals surface area contributed by atoms with E-state index in [4.69, 9.17) is 10.5 Å². The summed E-state index contributed by atoms with van der Waals surface area (Å²) in [5, 5.41) is 14.7. The number of nitrogens with two attached hydrogens (primary N) is 1. The maximum absolute atomic E-state index is 12.7. The highest BCUT2D eigenvalue weighted by atomic mass is 16.6. The number of anilines is 1. The van der Waals surface area contributed by atoms with Crippen LogP contribution in [-0.4, -0.2) is 39.2 Å². The van der Waals surface area contributed by atoms with Crippen LogP contribution in [0.2, 0.25) is 0 Å². The molecule has 25 heavy (non-hydrogen) atoms. The lowest BCUT2D eigenvalue weighted by Gasteiger charge is -2.25. The Bertz CT molecular complexity index is 804. The van der Waals surface area contributed by atoms with Crippen LogP contribution >= 0.6 is 0 Å². The van der Waals surface area contributed by atoms with Gasteiger partial charge in [0.15, 0.2) is 0 Å². The summed E-state index contributed by atoms with van der Waals surface area (Å²) in [5.41, 5.74) is 6.42. The van der Waals surface area contributed by atoms with E-state index < -0.39 is 4.92 Å². The summed E-state index contributed by atoms with van der Waals surface area (Å²) in [7, 11) is 1.60. The molecule has 0 unspecified atom stereocenters. The van der Waals surface area contributed by atoms with E-state index >= 15 is 0 Å². The first kappa shape index (κ1) is 16.7. The summed E-state index contributed by atoms with van der Waals surface area (Å²) >= 11 is 0. The van der Waals surface area contributed by atoms with Crippen LogP contribution in [-0.2, 0) is 11.3 Å². The summed E-state index contributed by atoms with van der Waals surface area (Å²) < 4.78 is 6.42. The standard InChI is InChI=1S/C16H19N5O4/c1-25-12-5-2-4-11(8-12)13-6-3-7-19(13)15(22)10-20-16(17)14(9-18-20)21(23)24/h2,4-5,8-9,13H,3,6-7,10,17H2,1H3/t13-/m0/s1. The smallest absolute Gasteiger partial charge is 0.330 e. The molecule has 132 valence electrons. The lowest BCUT2D eigenvalue weighted by molar-refractivity contribution is -0.384. The van der Waals surface area contributed by atoms with Crippen LogP contribution in [0.4, 0.5) is 11.5 Å². The number of amides is 1. The number of rotatable bonds is 5. The first-order valence-electron chi connectivity index (χ1n) is 7.90. The zero-order chi connectivity index (χ0) is 18.0. The van der Waals surface area contributed by atoms with Crippen molar-refractivity contribution in [1.82, 2.24) is 14.7 Å². The van der Waals surface area contributed by atoms with E-state index in [1.807, 2.05) is 24.3 Å². The molecule has 1 fully saturated rings. The first-order chi connectivity index (χ1) is 12.0. The number of carbonyl (C=O) groups excluding carboxylic acids is 1. The van der Waals surface area contributed by atoms with E-state index in [9.17, 15) is 14.9 Å². The van der Waals surface area contributed by atoms with Crippen LogP contribution < -0.4 is 10.5 Å². The molecule has 0 radical (unpaired) electrons. The van der Waals surface area contributed by atoms with E-state index in [1.165, 1.54) is 4.68 Å². The number of methoxy groups -OCH3 is 1. The summed E-state index contributed by atoms with van der Waals surface area (Å²) in [6, 6.07) is 7.59. The van der Waals surface area contributed by atoms with Crippen molar-refractivity contribution in [2.45, 2.75) is 25.4 Å². The molecule has 1 aromatic carbocycles. The maximum atomic E-state index is 12.7. The van der Waals surface area contributed by atoms with Crippen LogP contribution in [0.15, 0.2) is 30.5 Å². The predicted molar refractivity (Wildman–Crippen MR) is 90.0 cm³/mol. The molecule has 1 amide bonds. The Hall–Kier alpha value is -3.10. The number of likely N-dealkylation sites (tertiary alicyclic amines) is 1. The second-order valence-corrected chi connectivity index (χ2v) is 5.85. The molecule has 1 saturated heterocycles. The molecule has 1 aromatic heterocycles. The van der Waals surface area contributed by atoms with E-state index in [-0.39, 0.29) is 30.0 Å². The third kappa shape index (κ3) is 3.25. The summed E-state index contributed by atoms with van der Waals surface area (Å²) in [4.78, 5) is 24.7. The quantitative estimate of drug-likeness (QED) is 0.652. The Kier molecular flexibility index (Phi) is 4.55. The predicted octanol–water partition coefficient (Wildman–Crippen LogP) is 1.75. The summed E-state index contributed by atoms with van der Waals surface area (Å²) in [6.07, 6.45) is 2.81. The fraction of sp³-hybridized carbons (Fsp3) is 0.375. The summed E-state index contributed by atoms with van der Waals surface area (Å²) in [6.45, 7) is 0.504. The zero-order valence-corrected chi connectivity index (χ0v) is 13.8. The highest BCUT2D eigenvalue weighted by Crippen LogP contribution is 2.33. The van der Waals surface area contributed by atoms with E-state index in [1.54, 1.807) is 12.0 Å². The van der Waals surface area contributed by atoms with Gasteiger partial charge in [-0.3, -0.25) is 14.9 Å². The molecule has 1 aliphatic heterocycles. The number of hydrogen-bond acceptors (Lipinski definition) is 6. The molecule has 0 aliphatic carbocycles. The Balaban J connectivity index is 1.78. The van der Waals surface area contributed by atoms with Gasteiger partial charge in [-0.2, -0.15) is 5.10 Å². The fourth-order valence-electron chi connectivity index (χ4n) is 3.13. The van der Waals surface area contributed by atoms with Gasteiger partial charge in [0.05, 0.1) is 18.1 Å². The number of aromatic nitrogens is 2.